The molecule has 2 N–H and O–H groups in total. The van der Waals surface area contributed by atoms with Crippen molar-refractivity contribution in [2.24, 2.45) is 5.92 Å². The van der Waals surface area contributed by atoms with Gasteiger partial charge in [-0.25, -0.2) is 0 Å². The number of rotatable bonds is 5. The summed E-state index contributed by atoms with van der Waals surface area (Å²) in [7, 11) is 0. The van der Waals surface area contributed by atoms with E-state index in [2.05, 4.69) is 28.6 Å². The van der Waals surface area contributed by atoms with E-state index >= 15 is 0 Å². The summed E-state index contributed by atoms with van der Waals surface area (Å²) in [6, 6.07) is 9.13. The van der Waals surface area contributed by atoms with E-state index < -0.39 is 0 Å². The van der Waals surface area contributed by atoms with Gasteiger partial charge in [0.2, 0.25) is 11.8 Å². The molecule has 1 saturated heterocycles. The summed E-state index contributed by atoms with van der Waals surface area (Å²) in [4.78, 5) is 31.2. The number of nitrogens with one attached hydrogen (secondary N) is 1. The van der Waals surface area contributed by atoms with Crippen LogP contribution in [0, 0.1) is 5.92 Å². The molecule has 6 nitrogen and oxygen atoms in total. The van der Waals surface area contributed by atoms with Crippen molar-refractivity contribution in [3.8, 4) is 5.75 Å². The highest BCUT2D eigenvalue weighted by Gasteiger charge is 2.32. The van der Waals surface area contributed by atoms with E-state index in [1.54, 1.807) is 35.6 Å². The Bertz CT molecular complexity index is 905. The Hall–Kier alpha value is -2.38. The van der Waals surface area contributed by atoms with E-state index in [0.29, 0.717) is 12.2 Å². The maximum absolute atomic E-state index is 13.0. The molecule has 2 aliphatic heterocycles. The molecule has 1 fully saturated rings. The Kier molecular flexibility index (Phi) is 6.39. The van der Waals surface area contributed by atoms with Crippen molar-refractivity contribution in [3.63, 3.8) is 0 Å². The first-order chi connectivity index (χ1) is 14.6. The number of phenolic OH excluding ortho intramolecular Hbond substituents is 1. The number of carbonyl (C=O) groups excluding carboxylic acids is 2. The molecule has 2 aromatic rings. The fourth-order valence-corrected chi connectivity index (χ4v) is 5.51. The average Bonchev–Trinajstić information content (AvgIpc) is 3.24. The number of thiophene rings is 1. The number of piperidine rings is 1. The van der Waals surface area contributed by atoms with E-state index in [1.165, 1.54) is 10.4 Å². The molecule has 0 radical (unpaired) electrons. The Morgan fingerprint density at radius 2 is 1.93 bits per heavy atom. The molecular formula is C23H29N3O3S. The highest BCUT2D eigenvalue weighted by molar-refractivity contribution is 7.10. The topological polar surface area (TPSA) is 72.9 Å². The van der Waals surface area contributed by atoms with Crippen molar-refractivity contribution >= 4 is 28.8 Å². The lowest BCUT2D eigenvalue weighted by molar-refractivity contribution is -0.135. The van der Waals surface area contributed by atoms with Crippen LogP contribution in [-0.4, -0.2) is 52.9 Å². The van der Waals surface area contributed by atoms with Gasteiger partial charge >= 0.3 is 0 Å². The number of amides is 2. The average molecular weight is 428 g/mol. The number of fused-ring (bicyclic) bond motifs is 1. The number of hydrogen-bond donors (Lipinski definition) is 2. The third-order valence-electron chi connectivity index (χ3n) is 6.28. The lowest BCUT2D eigenvalue weighted by Crippen LogP contribution is -2.47. The van der Waals surface area contributed by atoms with Gasteiger partial charge in [0.25, 0.3) is 0 Å². The Labute approximate surface area is 181 Å². The van der Waals surface area contributed by atoms with Crippen molar-refractivity contribution < 1.29 is 14.7 Å². The van der Waals surface area contributed by atoms with Gasteiger partial charge in [0.1, 0.15) is 5.75 Å². The van der Waals surface area contributed by atoms with E-state index in [-0.39, 0.29) is 29.5 Å². The largest absolute Gasteiger partial charge is 0.506 e. The van der Waals surface area contributed by atoms with Gasteiger partial charge < -0.3 is 15.3 Å². The quantitative estimate of drug-likeness (QED) is 0.715. The van der Waals surface area contributed by atoms with Crippen LogP contribution in [0.5, 0.6) is 5.75 Å². The number of benzene rings is 1. The van der Waals surface area contributed by atoms with Crippen molar-refractivity contribution in [3.05, 3.63) is 46.2 Å². The van der Waals surface area contributed by atoms with E-state index in [0.717, 1.165) is 45.3 Å². The number of hydrogen-bond acceptors (Lipinski definition) is 5. The third-order valence-corrected chi connectivity index (χ3v) is 7.28. The first-order valence-electron chi connectivity index (χ1n) is 10.7. The van der Waals surface area contributed by atoms with Gasteiger partial charge in [0, 0.05) is 17.3 Å². The summed E-state index contributed by atoms with van der Waals surface area (Å²) >= 11 is 1.80. The van der Waals surface area contributed by atoms with Crippen LogP contribution < -0.4 is 5.32 Å². The smallest absolute Gasteiger partial charge is 0.237 e. The SMILES string of the molecule is CCC1c2ccsc2CCN1C(=O)CN1CCC(C(=O)Nc2ccccc2O)CC1. The summed E-state index contributed by atoms with van der Waals surface area (Å²) in [5.74, 6) is 0.114. The number of aromatic hydroxyl groups is 1. The van der Waals surface area contributed by atoms with Gasteiger partial charge in [-0.15, -0.1) is 11.3 Å². The van der Waals surface area contributed by atoms with Crippen molar-refractivity contribution in [1.82, 2.24) is 9.80 Å². The maximum atomic E-state index is 13.0. The van der Waals surface area contributed by atoms with E-state index in [4.69, 9.17) is 0 Å². The first-order valence-corrected chi connectivity index (χ1v) is 11.6. The molecule has 3 heterocycles. The van der Waals surface area contributed by atoms with Crippen LogP contribution in [0.25, 0.3) is 0 Å². The molecule has 0 spiro atoms. The molecular weight excluding hydrogens is 398 g/mol. The second-order valence-corrected chi connectivity index (χ2v) is 9.12. The van der Waals surface area contributed by atoms with Gasteiger partial charge in [0.05, 0.1) is 18.3 Å². The zero-order chi connectivity index (χ0) is 21.1. The normalized spacial score (nSPS) is 20.0. The predicted octanol–water partition coefficient (Wildman–Crippen LogP) is 3.64. The van der Waals surface area contributed by atoms with Crippen LogP contribution in [0.4, 0.5) is 5.69 Å². The van der Waals surface area contributed by atoms with Gasteiger partial charge in [0.15, 0.2) is 0 Å². The highest BCUT2D eigenvalue weighted by atomic mass is 32.1. The first kappa shape index (κ1) is 20.9. The van der Waals surface area contributed by atoms with Crippen molar-refractivity contribution in [1.29, 1.82) is 0 Å². The Morgan fingerprint density at radius 3 is 2.67 bits per heavy atom. The molecule has 1 aromatic heterocycles. The minimum Gasteiger partial charge on any atom is -0.506 e. The molecule has 7 heteroatoms. The van der Waals surface area contributed by atoms with E-state index in [1.807, 2.05) is 4.90 Å². The number of phenols is 1. The van der Waals surface area contributed by atoms with Gasteiger partial charge in [-0.2, -0.15) is 0 Å². The summed E-state index contributed by atoms with van der Waals surface area (Å²) in [6.07, 6.45) is 3.32. The second kappa shape index (κ2) is 9.18. The predicted molar refractivity (Wildman–Crippen MR) is 119 cm³/mol. The maximum Gasteiger partial charge on any atom is 0.237 e. The van der Waals surface area contributed by atoms with Crippen molar-refractivity contribution in [2.75, 3.05) is 31.5 Å². The summed E-state index contributed by atoms with van der Waals surface area (Å²) in [5, 5.41) is 14.8. The summed E-state index contributed by atoms with van der Waals surface area (Å²) in [5.41, 5.74) is 1.77. The Balaban J connectivity index is 1.29. The second-order valence-electron chi connectivity index (χ2n) is 8.12. The fraction of sp³-hybridized carbons (Fsp3) is 0.478. The number of carbonyl (C=O) groups is 2. The zero-order valence-corrected chi connectivity index (χ0v) is 18.2. The van der Waals surface area contributed by atoms with Gasteiger partial charge in [-0.05, 0) is 67.9 Å². The molecule has 0 aliphatic carbocycles. The van der Waals surface area contributed by atoms with Crippen LogP contribution in [0.3, 0.4) is 0 Å². The lowest BCUT2D eigenvalue weighted by Gasteiger charge is -2.38. The summed E-state index contributed by atoms with van der Waals surface area (Å²) < 4.78 is 0. The molecule has 0 bridgehead atoms. The highest BCUT2D eigenvalue weighted by Crippen LogP contribution is 2.35. The van der Waals surface area contributed by atoms with Crippen LogP contribution in [-0.2, 0) is 16.0 Å². The zero-order valence-electron chi connectivity index (χ0n) is 17.3. The molecule has 4 rings (SSSR count). The van der Waals surface area contributed by atoms with Crippen LogP contribution in [0.15, 0.2) is 35.7 Å². The van der Waals surface area contributed by atoms with Crippen LogP contribution in [0.1, 0.15) is 42.7 Å². The minimum atomic E-state index is -0.0947. The standard InChI is InChI=1S/C23H29N3O3S/c1-2-19-17-10-14-30-21(17)9-13-26(19)22(28)15-25-11-7-16(8-12-25)23(29)24-18-5-3-4-6-20(18)27/h3-6,10,14,16,19,27H,2,7-9,11-13,15H2,1H3,(H,24,29). The molecule has 1 unspecified atom stereocenters. The van der Waals surface area contributed by atoms with Crippen molar-refractivity contribution in [2.45, 2.75) is 38.6 Å². The molecule has 160 valence electrons. The van der Waals surface area contributed by atoms with Gasteiger partial charge in [-0.3, -0.25) is 14.5 Å². The van der Waals surface area contributed by atoms with Crippen LogP contribution >= 0.6 is 11.3 Å². The monoisotopic (exact) mass is 427 g/mol. The van der Waals surface area contributed by atoms with Gasteiger partial charge in [-0.1, -0.05) is 19.1 Å². The number of likely N-dealkylation sites (tertiary alicyclic amines) is 1. The molecule has 30 heavy (non-hydrogen) atoms. The molecule has 2 aliphatic rings. The number of para-hydroxylation sites is 2. The lowest BCUT2D eigenvalue weighted by atomic mass is 9.95. The molecule has 2 amide bonds. The Morgan fingerprint density at radius 1 is 1.17 bits per heavy atom. The van der Waals surface area contributed by atoms with E-state index in [9.17, 15) is 14.7 Å². The summed E-state index contributed by atoms with van der Waals surface area (Å²) in [6.45, 7) is 4.83. The van der Waals surface area contributed by atoms with Crippen LogP contribution in [0.2, 0.25) is 0 Å². The third kappa shape index (κ3) is 4.37. The minimum absolute atomic E-state index is 0.0606. The number of nitrogens with zero attached hydrogens (tertiary/aromatic N) is 2. The number of anilines is 1. The molecule has 0 saturated carbocycles. The fourth-order valence-electron chi connectivity index (χ4n) is 4.58. The molecule has 1 aromatic carbocycles. The molecule has 1 atom stereocenters.